The monoisotopic (exact) mass is 162 g/mol. The van der Waals surface area contributed by atoms with Crippen molar-refractivity contribution in [2.45, 2.75) is 0 Å². The number of methoxy groups -OCH3 is 1. The first-order valence-electron chi connectivity index (χ1n) is 2.64. The van der Waals surface area contributed by atoms with E-state index >= 15 is 0 Å². The van der Waals surface area contributed by atoms with Crippen LogP contribution in [0.15, 0.2) is 0 Å². The quantitative estimate of drug-likeness (QED) is 0.611. The Morgan fingerprint density at radius 1 is 1.64 bits per heavy atom. The van der Waals surface area contributed by atoms with Crippen molar-refractivity contribution in [3.8, 4) is 0 Å². The van der Waals surface area contributed by atoms with Gasteiger partial charge in [0.2, 0.25) is 11.6 Å². The molecule has 0 atom stereocenters. The molecule has 0 spiro atoms. The lowest BCUT2D eigenvalue weighted by atomic mass is 10.5. The van der Waals surface area contributed by atoms with Crippen LogP contribution >= 0.6 is 0 Å². The second-order valence-corrected chi connectivity index (χ2v) is 1.68. The van der Waals surface area contributed by atoms with Crippen molar-refractivity contribution in [1.82, 2.24) is 9.97 Å². The van der Waals surface area contributed by atoms with E-state index in [1.165, 1.54) is 0 Å². The first kappa shape index (κ1) is 7.64. The van der Waals surface area contributed by atoms with Crippen molar-refractivity contribution in [2.75, 3.05) is 7.11 Å². The number of aromatic amines is 1. The number of H-pyrrole nitrogens is 1. The minimum atomic E-state index is -1.15. The van der Waals surface area contributed by atoms with Crippen LogP contribution in [0.5, 0.6) is 0 Å². The molecule has 1 N–H and O–H groups in total. The molecule has 0 aliphatic heterocycles. The zero-order valence-electron chi connectivity index (χ0n) is 5.52. The van der Waals surface area contributed by atoms with E-state index in [4.69, 9.17) is 0 Å². The maximum absolute atomic E-state index is 12.4. The summed E-state index contributed by atoms with van der Waals surface area (Å²) in [5, 5.41) is 0. The summed E-state index contributed by atoms with van der Waals surface area (Å²) in [5.41, 5.74) is -0.676. The minimum absolute atomic E-state index is 0.676. The van der Waals surface area contributed by atoms with Crippen LogP contribution in [0.2, 0.25) is 0 Å². The molecular formula is C5H4F2N2O2. The molecule has 1 rings (SSSR count). The van der Waals surface area contributed by atoms with Gasteiger partial charge < -0.3 is 4.74 Å². The summed E-state index contributed by atoms with van der Waals surface area (Å²) in [4.78, 5) is 15.0. The molecule has 0 saturated carbocycles. The predicted octanol–water partition coefficient (Wildman–Crippen LogP) is 0.475. The van der Waals surface area contributed by atoms with E-state index in [2.05, 4.69) is 9.72 Å². The molecule has 4 nitrogen and oxygen atoms in total. The Bertz CT molecular complexity index is 284. The first-order chi connectivity index (χ1) is 5.15. The van der Waals surface area contributed by atoms with Crippen LogP contribution in [0.25, 0.3) is 0 Å². The van der Waals surface area contributed by atoms with Gasteiger partial charge in [-0.3, -0.25) is 4.98 Å². The summed E-state index contributed by atoms with van der Waals surface area (Å²) in [6, 6.07) is 0. The third-order valence-corrected chi connectivity index (χ3v) is 1.01. The summed E-state index contributed by atoms with van der Waals surface area (Å²) in [5.74, 6) is -2.14. The molecular weight excluding hydrogens is 158 g/mol. The van der Waals surface area contributed by atoms with E-state index in [9.17, 15) is 13.6 Å². The number of nitrogens with one attached hydrogen (secondary N) is 1. The number of hydrogen-bond acceptors (Lipinski definition) is 3. The smallest absolute Gasteiger partial charge is 0.361 e. The SMILES string of the molecule is COC(=O)c1nc(F)[nH]c1F. The van der Waals surface area contributed by atoms with E-state index in [0.717, 1.165) is 7.11 Å². The Balaban J connectivity index is 3.03. The van der Waals surface area contributed by atoms with Crippen molar-refractivity contribution in [2.24, 2.45) is 0 Å². The van der Waals surface area contributed by atoms with Crippen LogP contribution in [-0.4, -0.2) is 23.0 Å². The van der Waals surface area contributed by atoms with Gasteiger partial charge in [-0.15, -0.1) is 0 Å². The molecule has 0 amide bonds. The van der Waals surface area contributed by atoms with Crippen LogP contribution < -0.4 is 0 Å². The second-order valence-electron chi connectivity index (χ2n) is 1.68. The molecule has 0 aromatic carbocycles. The molecule has 60 valence electrons. The average molecular weight is 162 g/mol. The third-order valence-electron chi connectivity index (χ3n) is 1.01. The number of aromatic nitrogens is 2. The van der Waals surface area contributed by atoms with E-state index in [1.807, 2.05) is 0 Å². The van der Waals surface area contributed by atoms with Crippen molar-refractivity contribution in [3.63, 3.8) is 0 Å². The molecule has 0 radical (unpaired) electrons. The van der Waals surface area contributed by atoms with Crippen LogP contribution in [-0.2, 0) is 4.74 Å². The highest BCUT2D eigenvalue weighted by Crippen LogP contribution is 2.03. The molecule has 0 unspecified atom stereocenters. The molecule has 6 heteroatoms. The number of carbonyl (C=O) groups excluding carboxylic acids is 1. The molecule has 0 fully saturated rings. The van der Waals surface area contributed by atoms with Gasteiger partial charge in [0.1, 0.15) is 0 Å². The Morgan fingerprint density at radius 2 is 2.27 bits per heavy atom. The van der Waals surface area contributed by atoms with Gasteiger partial charge in [-0.25, -0.2) is 4.79 Å². The maximum atomic E-state index is 12.4. The number of esters is 1. The van der Waals surface area contributed by atoms with Crippen LogP contribution in [0, 0.1) is 12.0 Å². The Morgan fingerprint density at radius 3 is 2.64 bits per heavy atom. The van der Waals surface area contributed by atoms with E-state index < -0.39 is 23.7 Å². The molecule has 0 aliphatic rings. The summed E-state index contributed by atoms with van der Waals surface area (Å²) in [7, 11) is 1.05. The average Bonchev–Trinajstić information content (AvgIpc) is 2.28. The number of hydrogen-bond donors (Lipinski definition) is 1. The third kappa shape index (κ3) is 1.34. The largest absolute Gasteiger partial charge is 0.464 e. The van der Waals surface area contributed by atoms with Gasteiger partial charge >= 0.3 is 5.97 Å². The van der Waals surface area contributed by atoms with Gasteiger partial charge in [-0.05, 0) is 0 Å². The lowest BCUT2D eigenvalue weighted by Crippen LogP contribution is -2.03. The summed E-state index contributed by atoms with van der Waals surface area (Å²) in [6.45, 7) is 0. The zero-order valence-corrected chi connectivity index (χ0v) is 5.52. The van der Waals surface area contributed by atoms with Gasteiger partial charge in [-0.2, -0.15) is 13.8 Å². The molecule has 0 bridgehead atoms. The van der Waals surface area contributed by atoms with Crippen molar-refractivity contribution in [1.29, 1.82) is 0 Å². The highest BCUT2D eigenvalue weighted by Gasteiger charge is 2.17. The molecule has 0 saturated heterocycles. The second kappa shape index (κ2) is 2.65. The number of rotatable bonds is 1. The van der Waals surface area contributed by atoms with Crippen LogP contribution in [0.4, 0.5) is 8.78 Å². The fourth-order valence-corrected chi connectivity index (χ4v) is 0.557. The van der Waals surface area contributed by atoms with Gasteiger partial charge in [0.15, 0.2) is 0 Å². The van der Waals surface area contributed by atoms with Crippen LogP contribution in [0.1, 0.15) is 10.5 Å². The number of halogens is 2. The van der Waals surface area contributed by atoms with Gasteiger partial charge in [0.05, 0.1) is 7.11 Å². The molecule has 1 aromatic rings. The maximum Gasteiger partial charge on any atom is 0.361 e. The first-order valence-corrected chi connectivity index (χ1v) is 2.64. The summed E-state index contributed by atoms with van der Waals surface area (Å²) < 4.78 is 28.6. The van der Waals surface area contributed by atoms with Gasteiger partial charge in [0, 0.05) is 0 Å². The molecule has 11 heavy (non-hydrogen) atoms. The standard InChI is InChI=1S/C5H4F2N2O2/c1-11-4(10)2-3(6)9-5(7)8-2/h1H3,(H,8,9). The van der Waals surface area contributed by atoms with Gasteiger partial charge in [0.25, 0.3) is 6.08 Å². The zero-order chi connectivity index (χ0) is 8.43. The highest BCUT2D eigenvalue weighted by atomic mass is 19.1. The predicted molar refractivity (Wildman–Crippen MR) is 29.8 cm³/mol. The summed E-state index contributed by atoms with van der Waals surface area (Å²) >= 11 is 0. The van der Waals surface area contributed by atoms with E-state index in [0.29, 0.717) is 0 Å². The Labute approximate surface area is 60.2 Å². The Hall–Kier alpha value is -1.46. The topological polar surface area (TPSA) is 55.0 Å². The fourth-order valence-electron chi connectivity index (χ4n) is 0.557. The molecule has 1 aromatic heterocycles. The van der Waals surface area contributed by atoms with Gasteiger partial charge in [-0.1, -0.05) is 0 Å². The highest BCUT2D eigenvalue weighted by molar-refractivity contribution is 5.87. The lowest BCUT2D eigenvalue weighted by molar-refractivity contribution is 0.0588. The lowest BCUT2D eigenvalue weighted by Gasteiger charge is -1.90. The van der Waals surface area contributed by atoms with Crippen molar-refractivity contribution >= 4 is 5.97 Å². The van der Waals surface area contributed by atoms with Crippen molar-refractivity contribution < 1.29 is 18.3 Å². The van der Waals surface area contributed by atoms with Crippen molar-refractivity contribution in [3.05, 3.63) is 17.7 Å². The van der Waals surface area contributed by atoms with Crippen LogP contribution in [0.3, 0.4) is 0 Å². The fraction of sp³-hybridized carbons (Fsp3) is 0.200. The minimum Gasteiger partial charge on any atom is -0.464 e. The number of carbonyl (C=O) groups is 1. The molecule has 1 heterocycles. The Kier molecular flexibility index (Phi) is 1.84. The van der Waals surface area contributed by atoms with E-state index in [1.54, 1.807) is 4.98 Å². The number of nitrogens with zero attached hydrogens (tertiary/aromatic N) is 1. The number of imidazole rings is 1. The summed E-state index contributed by atoms with van der Waals surface area (Å²) in [6.07, 6.45) is -1.15. The number of ether oxygens (including phenoxy) is 1. The normalized spacial score (nSPS) is 9.73. The van der Waals surface area contributed by atoms with E-state index in [-0.39, 0.29) is 0 Å². The molecule has 0 aliphatic carbocycles.